The molecule has 0 radical (unpaired) electrons. The van der Waals surface area contributed by atoms with E-state index >= 15 is 0 Å². The van der Waals surface area contributed by atoms with Gasteiger partial charge in [-0.05, 0) is 67.4 Å². The minimum Gasteiger partial charge on any atom is -0.399 e. The number of methoxy groups -OCH3 is 2. The highest BCUT2D eigenvalue weighted by Gasteiger charge is 2.25. The molecule has 10 heteroatoms. The summed E-state index contributed by atoms with van der Waals surface area (Å²) in [6, 6.07) is 49.5. The lowest BCUT2D eigenvalue weighted by molar-refractivity contribution is -0.0619. The van der Waals surface area contributed by atoms with Gasteiger partial charge in [-0.15, -0.1) is 0 Å². The van der Waals surface area contributed by atoms with Gasteiger partial charge in [0.05, 0.1) is 13.2 Å². The molecule has 8 nitrogen and oxygen atoms in total. The second-order valence-electron chi connectivity index (χ2n) is 13.6. The van der Waals surface area contributed by atoms with Crippen molar-refractivity contribution in [2.75, 3.05) is 27.4 Å². The summed E-state index contributed by atoms with van der Waals surface area (Å²) < 4.78 is 51.0. The number of fused-ring (bicyclic) bond motifs is 14. The molecule has 8 aromatic carbocycles. The topological polar surface area (TPSA) is 89.5 Å². The summed E-state index contributed by atoms with van der Waals surface area (Å²) >= 11 is 0. The highest BCUT2D eigenvalue weighted by molar-refractivity contribution is 7.32. The molecule has 0 unspecified atom stereocenters. The number of benzene rings is 8. The smallest absolute Gasteiger partial charge is 0.387 e. The van der Waals surface area contributed by atoms with E-state index < -0.39 is 28.7 Å². The van der Waals surface area contributed by atoms with Gasteiger partial charge >= 0.3 is 16.5 Å². The third kappa shape index (κ3) is 6.22. The summed E-state index contributed by atoms with van der Waals surface area (Å²) in [7, 11) is -0.524. The van der Waals surface area contributed by atoms with Crippen LogP contribution in [0.5, 0.6) is 0 Å². The van der Waals surface area contributed by atoms with E-state index in [1.807, 2.05) is 72.8 Å². The lowest BCUT2D eigenvalue weighted by Gasteiger charge is -2.23. The van der Waals surface area contributed by atoms with Crippen LogP contribution in [-0.2, 0) is 9.47 Å². The predicted octanol–water partition coefficient (Wildman–Crippen LogP) is 13.1. The van der Waals surface area contributed by atoms with Crippen molar-refractivity contribution in [3.63, 3.8) is 0 Å². The van der Waals surface area contributed by atoms with Crippen LogP contribution in [0.15, 0.2) is 162 Å². The molecule has 2 atom stereocenters. The average Bonchev–Trinajstić information content (AvgIpc) is 3.53. The van der Waals surface area contributed by atoms with Crippen LogP contribution >= 0.6 is 16.5 Å². The molecule has 0 saturated carbocycles. The van der Waals surface area contributed by atoms with E-state index in [4.69, 9.17) is 35.3 Å². The summed E-state index contributed by atoms with van der Waals surface area (Å²) in [5.74, 6) is 0. The highest BCUT2D eigenvalue weighted by atomic mass is 31.1. The minimum absolute atomic E-state index is 0.110. The summed E-state index contributed by atoms with van der Waals surface area (Å²) in [4.78, 5) is 0. The van der Waals surface area contributed by atoms with Crippen molar-refractivity contribution < 1.29 is 35.3 Å². The zero-order chi connectivity index (χ0) is 37.6. The summed E-state index contributed by atoms with van der Waals surface area (Å²) in [6.07, 6.45) is -1.08. The van der Waals surface area contributed by atoms with E-state index in [-0.39, 0.29) is 13.2 Å². The maximum Gasteiger partial charge on any atom is 0.387 e. The van der Waals surface area contributed by atoms with E-state index in [0.29, 0.717) is 22.3 Å². The Morgan fingerprint density at radius 3 is 0.911 bits per heavy atom. The SMILES string of the molecule is CO[C@@H](COp1oc2ccc3ccccc3c2c2c(ccc3ccccc32)o1)[C@H](COp1oc2ccc3ccccc3c2c2c(ccc3ccccc32)o1)OC. The second-order valence-corrected chi connectivity index (χ2v) is 15.7. The molecule has 2 heterocycles. The molecule has 56 heavy (non-hydrogen) atoms. The molecule has 2 aromatic heterocycles. The van der Waals surface area contributed by atoms with Crippen molar-refractivity contribution >= 4 is 103 Å². The molecule has 0 saturated heterocycles. The van der Waals surface area contributed by atoms with E-state index in [0.717, 1.165) is 64.6 Å². The first-order valence-corrected chi connectivity index (χ1v) is 20.6. The molecule has 0 bridgehead atoms. The fourth-order valence-corrected chi connectivity index (χ4v) is 9.80. The van der Waals surface area contributed by atoms with Gasteiger partial charge in [0.25, 0.3) is 0 Å². The summed E-state index contributed by atoms with van der Waals surface area (Å²) in [5.41, 5.74) is 2.77. The molecule has 10 rings (SSSR count). The van der Waals surface area contributed by atoms with E-state index in [9.17, 15) is 0 Å². The second kappa shape index (κ2) is 14.8. The number of hydrogen-bond acceptors (Lipinski definition) is 8. The Kier molecular flexibility index (Phi) is 9.24. The lowest BCUT2D eigenvalue weighted by Crippen LogP contribution is -2.39. The molecule has 0 fully saturated rings. The Hall–Kier alpha value is -5.56. The van der Waals surface area contributed by atoms with Gasteiger partial charge in [0.2, 0.25) is 0 Å². The zero-order valence-corrected chi connectivity index (χ0v) is 32.4. The summed E-state index contributed by atoms with van der Waals surface area (Å²) in [6.45, 7) is 0.221. The minimum atomic E-state index is -1.88. The molecule has 0 amide bonds. The van der Waals surface area contributed by atoms with Gasteiger partial charge in [-0.2, -0.15) is 0 Å². The molecule has 0 aliphatic heterocycles. The third-order valence-corrected chi connectivity index (χ3v) is 12.6. The predicted molar refractivity (Wildman–Crippen MR) is 227 cm³/mol. The van der Waals surface area contributed by atoms with Crippen LogP contribution in [0.25, 0.3) is 87.0 Å². The number of hydrogen-bond donors (Lipinski definition) is 0. The average molecular weight is 779 g/mol. The fraction of sp³-hybridized carbons (Fsp3) is 0.130. The molecule has 0 aliphatic rings. The van der Waals surface area contributed by atoms with Crippen LogP contribution in [0.2, 0.25) is 0 Å². The van der Waals surface area contributed by atoms with Crippen molar-refractivity contribution in [1.82, 2.24) is 0 Å². The van der Waals surface area contributed by atoms with E-state index in [1.54, 1.807) is 14.2 Å². The van der Waals surface area contributed by atoms with Gasteiger partial charge in [0.15, 0.2) is 0 Å². The molecular formula is C46H36O8P2. The van der Waals surface area contributed by atoms with Crippen LogP contribution < -0.4 is 9.05 Å². The van der Waals surface area contributed by atoms with Crippen molar-refractivity contribution in [1.29, 1.82) is 0 Å². The van der Waals surface area contributed by atoms with Crippen molar-refractivity contribution in [3.8, 4) is 0 Å². The first kappa shape index (κ1) is 34.9. The normalized spacial score (nSPS) is 13.1. The molecule has 0 spiro atoms. The fourth-order valence-electron chi connectivity index (χ4n) is 7.73. The first-order chi connectivity index (χ1) is 27.7. The molecule has 0 aliphatic carbocycles. The van der Waals surface area contributed by atoms with Crippen LogP contribution in [0.1, 0.15) is 0 Å². The Bertz CT molecular complexity index is 2760. The van der Waals surface area contributed by atoms with Crippen LogP contribution in [0, 0.1) is 0 Å². The highest BCUT2D eigenvalue weighted by Crippen LogP contribution is 2.42. The Labute approximate surface area is 323 Å². The van der Waals surface area contributed by atoms with Crippen LogP contribution in [-0.4, -0.2) is 39.6 Å². The van der Waals surface area contributed by atoms with Crippen molar-refractivity contribution in [3.05, 3.63) is 146 Å². The lowest BCUT2D eigenvalue weighted by atomic mass is 9.99. The van der Waals surface area contributed by atoms with E-state index in [2.05, 4.69) is 72.8 Å². The van der Waals surface area contributed by atoms with Gasteiger partial charge in [-0.25, -0.2) is 0 Å². The zero-order valence-electron chi connectivity index (χ0n) is 30.6. The standard InChI is InChI=1S/C46H36O8P2/c1-47-41(27-49-55-51-37-23-19-29-11-3-7-15-33(29)43(37)44-34-16-8-4-12-30(34)20-24-38(44)52-55)42(48-2)28-50-56-53-39-25-21-31-13-5-9-17-35(31)45(39)46-36-18-10-6-14-32(36)22-26-40(46)54-56/h3-26,41-42H,27-28H2,1-2H3/t41-,42-/m0/s1. The Morgan fingerprint density at radius 2 is 0.643 bits per heavy atom. The molecule has 10 aromatic rings. The van der Waals surface area contributed by atoms with Crippen molar-refractivity contribution in [2.45, 2.75) is 12.2 Å². The van der Waals surface area contributed by atoms with Gasteiger partial charge in [0, 0.05) is 35.8 Å². The van der Waals surface area contributed by atoms with Crippen molar-refractivity contribution in [2.24, 2.45) is 0 Å². The maximum atomic E-state index is 6.56. The number of ether oxygens (including phenoxy) is 2. The molecule has 278 valence electrons. The largest absolute Gasteiger partial charge is 0.399 e. The Balaban J connectivity index is 0.997. The van der Waals surface area contributed by atoms with Gasteiger partial charge in [-0.1, -0.05) is 121 Å². The van der Waals surface area contributed by atoms with Gasteiger partial charge in [0.1, 0.15) is 34.5 Å². The quantitative estimate of drug-likeness (QED) is 0.143. The van der Waals surface area contributed by atoms with Gasteiger partial charge < -0.3 is 26.3 Å². The van der Waals surface area contributed by atoms with E-state index in [1.165, 1.54) is 0 Å². The van der Waals surface area contributed by atoms with Crippen LogP contribution in [0.3, 0.4) is 0 Å². The maximum absolute atomic E-state index is 6.56. The molecule has 0 N–H and O–H groups in total. The summed E-state index contributed by atoms with van der Waals surface area (Å²) in [5, 5.41) is 12.7. The Morgan fingerprint density at radius 1 is 0.375 bits per heavy atom. The third-order valence-electron chi connectivity index (χ3n) is 10.5. The first-order valence-electron chi connectivity index (χ1n) is 18.4. The number of rotatable bonds is 9. The molecular weight excluding hydrogens is 742 g/mol. The monoisotopic (exact) mass is 778 g/mol. The van der Waals surface area contributed by atoms with Crippen LogP contribution in [0.4, 0.5) is 0 Å². The van der Waals surface area contributed by atoms with Gasteiger partial charge in [-0.3, -0.25) is 9.05 Å².